The van der Waals surface area contributed by atoms with Crippen LogP contribution in [0.15, 0.2) is 18.2 Å². The van der Waals surface area contributed by atoms with Gasteiger partial charge in [-0.3, -0.25) is 4.79 Å². The predicted octanol–water partition coefficient (Wildman–Crippen LogP) is 3.81. The molecule has 4 atom stereocenters. The smallest absolute Gasteiger partial charge is 0.310 e. The van der Waals surface area contributed by atoms with E-state index in [0.29, 0.717) is 12.0 Å². The van der Waals surface area contributed by atoms with Crippen LogP contribution in [0.25, 0.3) is 0 Å². The lowest BCUT2D eigenvalue weighted by atomic mass is 9.76. The third-order valence-corrected chi connectivity index (χ3v) is 6.16. The lowest BCUT2D eigenvalue weighted by molar-refractivity contribution is -0.148. The third kappa shape index (κ3) is 2.92. The van der Waals surface area contributed by atoms with Crippen molar-refractivity contribution >= 4 is 28.6 Å². The minimum atomic E-state index is -0.0641. The molecular weight excluding hydrogens is 387 g/mol. The van der Waals surface area contributed by atoms with E-state index in [1.807, 2.05) is 0 Å². The van der Waals surface area contributed by atoms with Crippen molar-refractivity contribution < 1.29 is 9.53 Å². The van der Waals surface area contributed by atoms with E-state index in [2.05, 4.69) is 60.0 Å². The van der Waals surface area contributed by atoms with Crippen LogP contribution < -0.4 is 5.32 Å². The molecule has 2 fully saturated rings. The maximum Gasteiger partial charge on any atom is 0.310 e. The van der Waals surface area contributed by atoms with E-state index in [-0.39, 0.29) is 23.8 Å². The average Bonchev–Trinajstić information content (AvgIpc) is 2.87. The molecule has 1 aromatic rings. The van der Waals surface area contributed by atoms with Crippen LogP contribution in [0.3, 0.4) is 0 Å². The van der Waals surface area contributed by atoms with Gasteiger partial charge >= 0.3 is 5.97 Å². The molecule has 0 aromatic heterocycles. The first kappa shape index (κ1) is 16.2. The van der Waals surface area contributed by atoms with Crippen LogP contribution in [0, 0.1) is 9.49 Å². The maximum absolute atomic E-state index is 12.3. The standard InChI is InChI=1S/C18H24INO2/c1-10(2)13-6-4-11(8-15(13)19)14-9-12-5-7-16(20-12)17(14)18(21)22-3/h4,6,8,10,12,14,16-17,20H,5,7,9H2,1-3H3/t12-,14+,16+,17-/m0/s1/i19-2. The summed E-state index contributed by atoms with van der Waals surface area (Å²) in [5.41, 5.74) is 2.68. The van der Waals surface area contributed by atoms with Crippen LogP contribution in [0.2, 0.25) is 0 Å². The highest BCUT2D eigenvalue weighted by molar-refractivity contribution is 14.1. The molecule has 0 unspecified atom stereocenters. The summed E-state index contributed by atoms with van der Waals surface area (Å²) in [5, 5.41) is 3.60. The van der Waals surface area contributed by atoms with Crippen LogP contribution in [0.4, 0.5) is 0 Å². The van der Waals surface area contributed by atoms with E-state index in [4.69, 9.17) is 4.74 Å². The Kier molecular flexibility index (Phi) is 4.78. The lowest BCUT2D eigenvalue weighted by Crippen LogP contribution is -2.48. The van der Waals surface area contributed by atoms with E-state index in [1.54, 1.807) is 0 Å². The Labute approximate surface area is 146 Å². The summed E-state index contributed by atoms with van der Waals surface area (Å²) in [6.07, 6.45) is 3.30. The number of halogens is 1. The number of carbonyl (C=O) groups excluding carboxylic acids is 1. The van der Waals surface area contributed by atoms with Gasteiger partial charge in [0.15, 0.2) is 0 Å². The number of rotatable bonds is 3. The number of carbonyl (C=O) groups is 1. The summed E-state index contributed by atoms with van der Waals surface area (Å²) in [6, 6.07) is 7.57. The largest absolute Gasteiger partial charge is 0.469 e. The summed E-state index contributed by atoms with van der Waals surface area (Å²) >= 11 is 2.43. The molecule has 0 amide bonds. The molecular formula is C18H24INO2. The fourth-order valence-corrected chi connectivity index (χ4v) is 5.27. The number of fused-ring (bicyclic) bond motifs is 2. The normalized spacial score (nSPS) is 30.6. The molecule has 2 aliphatic rings. The second-order valence-electron chi connectivity index (χ2n) is 6.87. The summed E-state index contributed by atoms with van der Waals surface area (Å²) < 4.78 is 6.41. The molecule has 120 valence electrons. The molecule has 0 spiro atoms. The number of methoxy groups -OCH3 is 1. The highest BCUT2D eigenvalue weighted by atomic mass is 125. The number of hydrogen-bond donors (Lipinski definition) is 1. The molecule has 0 saturated carbocycles. The van der Waals surface area contributed by atoms with E-state index in [0.717, 1.165) is 12.8 Å². The Morgan fingerprint density at radius 2 is 2.14 bits per heavy atom. The number of nitrogens with one attached hydrogen (secondary N) is 1. The van der Waals surface area contributed by atoms with Crippen molar-refractivity contribution in [2.24, 2.45) is 5.92 Å². The highest BCUT2D eigenvalue weighted by Gasteiger charge is 2.46. The Hall–Kier alpha value is -0.620. The van der Waals surface area contributed by atoms with Crippen molar-refractivity contribution in [3.63, 3.8) is 0 Å². The van der Waals surface area contributed by atoms with Crippen molar-refractivity contribution in [3.05, 3.63) is 32.9 Å². The van der Waals surface area contributed by atoms with Crippen LogP contribution in [-0.2, 0) is 9.53 Å². The van der Waals surface area contributed by atoms with E-state index < -0.39 is 0 Å². The molecule has 0 radical (unpaired) electrons. The average molecular weight is 411 g/mol. The molecule has 3 nitrogen and oxygen atoms in total. The molecule has 2 saturated heterocycles. The van der Waals surface area contributed by atoms with E-state index >= 15 is 0 Å². The first-order valence-electron chi connectivity index (χ1n) is 8.14. The van der Waals surface area contributed by atoms with Gasteiger partial charge in [-0.15, -0.1) is 0 Å². The Morgan fingerprint density at radius 3 is 2.77 bits per heavy atom. The number of piperidine rings is 1. The van der Waals surface area contributed by atoms with Gasteiger partial charge in [0.2, 0.25) is 0 Å². The molecule has 1 aromatic carbocycles. The first-order valence-corrected chi connectivity index (χ1v) is 9.22. The van der Waals surface area contributed by atoms with Crippen LogP contribution in [0.5, 0.6) is 0 Å². The maximum atomic E-state index is 12.3. The molecule has 3 rings (SSSR count). The summed E-state index contributed by atoms with van der Waals surface area (Å²) in [7, 11) is 1.51. The van der Waals surface area contributed by atoms with Gasteiger partial charge in [0, 0.05) is 21.6 Å². The zero-order chi connectivity index (χ0) is 15.9. The van der Waals surface area contributed by atoms with Gasteiger partial charge in [-0.05, 0) is 65.0 Å². The second kappa shape index (κ2) is 6.48. The minimum absolute atomic E-state index is 0.0514. The van der Waals surface area contributed by atoms with Crippen LogP contribution in [0.1, 0.15) is 56.1 Å². The number of benzene rings is 1. The summed E-state index contributed by atoms with van der Waals surface area (Å²) in [5.74, 6) is 0.692. The fourth-order valence-electron chi connectivity index (χ4n) is 4.10. The van der Waals surface area contributed by atoms with Crippen molar-refractivity contribution in [1.29, 1.82) is 0 Å². The third-order valence-electron chi connectivity index (χ3n) is 5.23. The topological polar surface area (TPSA) is 38.3 Å². The Morgan fingerprint density at radius 1 is 1.36 bits per heavy atom. The first-order chi connectivity index (χ1) is 10.5. The van der Waals surface area contributed by atoms with Crippen molar-refractivity contribution in [1.82, 2.24) is 5.32 Å². The number of ether oxygens (including phenoxy) is 1. The van der Waals surface area contributed by atoms with Crippen LogP contribution >= 0.6 is 22.6 Å². The monoisotopic (exact) mass is 411 g/mol. The molecule has 2 bridgehead atoms. The number of hydrogen-bond acceptors (Lipinski definition) is 3. The van der Waals surface area contributed by atoms with Gasteiger partial charge in [0.05, 0.1) is 13.0 Å². The van der Waals surface area contributed by atoms with Gasteiger partial charge in [0.1, 0.15) is 0 Å². The quantitative estimate of drug-likeness (QED) is 0.607. The van der Waals surface area contributed by atoms with Gasteiger partial charge in [0.25, 0.3) is 0 Å². The van der Waals surface area contributed by atoms with E-state index in [9.17, 15) is 4.79 Å². The van der Waals surface area contributed by atoms with E-state index in [1.165, 1.54) is 28.2 Å². The molecule has 4 heteroatoms. The fraction of sp³-hybridized carbons (Fsp3) is 0.611. The molecule has 22 heavy (non-hydrogen) atoms. The van der Waals surface area contributed by atoms with Gasteiger partial charge in [-0.2, -0.15) is 0 Å². The highest BCUT2D eigenvalue weighted by Crippen LogP contribution is 2.43. The van der Waals surface area contributed by atoms with Gasteiger partial charge < -0.3 is 10.1 Å². The predicted molar refractivity (Wildman–Crippen MR) is 96.1 cm³/mol. The Balaban J connectivity index is 1.94. The SMILES string of the molecule is COC(=O)[C@H]1[C@@H](c2ccc(C(C)C)c([125I])c2)C[C@@H]2CC[C@H]1N2. The zero-order valence-corrected chi connectivity index (χ0v) is 15.6. The van der Waals surface area contributed by atoms with Crippen molar-refractivity contribution in [2.45, 2.75) is 57.0 Å². The van der Waals surface area contributed by atoms with Gasteiger partial charge in [-0.25, -0.2) is 0 Å². The van der Waals surface area contributed by atoms with Crippen molar-refractivity contribution in [2.75, 3.05) is 7.11 Å². The second-order valence-corrected chi connectivity index (χ2v) is 8.04. The summed E-state index contributed by atoms with van der Waals surface area (Å²) in [4.78, 5) is 12.3. The van der Waals surface area contributed by atoms with Crippen LogP contribution in [-0.4, -0.2) is 25.2 Å². The van der Waals surface area contributed by atoms with Crippen molar-refractivity contribution in [3.8, 4) is 0 Å². The molecule has 2 aliphatic heterocycles. The zero-order valence-electron chi connectivity index (χ0n) is 13.4. The minimum Gasteiger partial charge on any atom is -0.469 e. The summed E-state index contributed by atoms with van der Waals surface area (Å²) in [6.45, 7) is 4.44. The molecule has 1 N–H and O–H groups in total. The Bertz CT molecular complexity index is 572. The van der Waals surface area contributed by atoms with Gasteiger partial charge in [-0.1, -0.05) is 26.0 Å². The lowest BCUT2D eigenvalue weighted by Gasteiger charge is -2.36. The number of esters is 1. The molecule has 0 aliphatic carbocycles. The molecule has 2 heterocycles.